The molecular weight excluding hydrogens is 226 g/mol. The normalized spacial score (nSPS) is 23.9. The highest BCUT2D eigenvalue weighted by molar-refractivity contribution is 5.93. The Morgan fingerprint density at radius 1 is 1.44 bits per heavy atom. The van der Waals surface area contributed by atoms with Crippen molar-refractivity contribution in [2.24, 2.45) is 0 Å². The Balaban J connectivity index is 1.76. The minimum absolute atomic E-state index is 0.167. The molecule has 1 saturated heterocycles. The molecule has 1 saturated carbocycles. The maximum atomic E-state index is 12.5. The first-order valence-electron chi connectivity index (χ1n) is 6.92. The molecule has 0 aromatic carbocycles. The van der Waals surface area contributed by atoms with Crippen LogP contribution in [0.2, 0.25) is 0 Å². The van der Waals surface area contributed by atoms with Crippen molar-refractivity contribution in [1.82, 2.24) is 14.8 Å². The summed E-state index contributed by atoms with van der Waals surface area (Å²) in [7, 11) is 1.93. The van der Waals surface area contributed by atoms with Crippen molar-refractivity contribution >= 4 is 5.91 Å². The highest BCUT2D eigenvalue weighted by atomic mass is 16.2. The minimum atomic E-state index is 0.167. The van der Waals surface area contributed by atoms with Crippen molar-refractivity contribution in [3.05, 3.63) is 24.0 Å². The SMILES string of the molecule is CN(C(=O)c1cccn1C1CCC1)C1CCNC1. The van der Waals surface area contributed by atoms with Gasteiger partial charge in [-0.3, -0.25) is 4.79 Å². The first-order chi connectivity index (χ1) is 8.77. The Kier molecular flexibility index (Phi) is 3.12. The topological polar surface area (TPSA) is 37.3 Å². The Bertz CT molecular complexity index is 430. The van der Waals surface area contributed by atoms with Crippen LogP contribution in [-0.4, -0.2) is 41.6 Å². The van der Waals surface area contributed by atoms with Gasteiger partial charge in [-0.05, 0) is 44.4 Å². The van der Waals surface area contributed by atoms with E-state index in [9.17, 15) is 4.79 Å². The van der Waals surface area contributed by atoms with Crippen LogP contribution in [0, 0.1) is 0 Å². The number of hydrogen-bond donors (Lipinski definition) is 1. The molecule has 0 radical (unpaired) electrons. The molecule has 1 unspecified atom stereocenters. The maximum Gasteiger partial charge on any atom is 0.270 e. The number of likely N-dealkylation sites (N-methyl/N-ethyl adjacent to an activating group) is 1. The third-order valence-corrected chi connectivity index (χ3v) is 4.37. The van der Waals surface area contributed by atoms with E-state index in [2.05, 4.69) is 16.1 Å². The summed E-state index contributed by atoms with van der Waals surface area (Å²) in [5.74, 6) is 0.167. The maximum absolute atomic E-state index is 12.5. The van der Waals surface area contributed by atoms with Crippen LogP contribution >= 0.6 is 0 Å². The van der Waals surface area contributed by atoms with Crippen molar-refractivity contribution in [2.45, 2.75) is 37.8 Å². The summed E-state index contributed by atoms with van der Waals surface area (Å²) in [6, 6.07) is 4.85. The number of carbonyl (C=O) groups excluding carboxylic acids is 1. The molecule has 2 fully saturated rings. The standard InChI is InChI=1S/C14H21N3O/c1-16(12-7-8-15-10-12)14(18)13-6-3-9-17(13)11-4-2-5-11/h3,6,9,11-12,15H,2,4-5,7-8,10H2,1H3. The summed E-state index contributed by atoms with van der Waals surface area (Å²) < 4.78 is 2.17. The second kappa shape index (κ2) is 4.76. The average Bonchev–Trinajstić information content (AvgIpc) is 2.95. The van der Waals surface area contributed by atoms with Crippen molar-refractivity contribution in [3.63, 3.8) is 0 Å². The summed E-state index contributed by atoms with van der Waals surface area (Å²) in [5.41, 5.74) is 0.856. The molecule has 1 atom stereocenters. The van der Waals surface area contributed by atoms with Gasteiger partial charge in [-0.2, -0.15) is 0 Å². The van der Waals surface area contributed by atoms with Gasteiger partial charge < -0.3 is 14.8 Å². The third-order valence-electron chi connectivity index (χ3n) is 4.37. The van der Waals surface area contributed by atoms with Crippen LogP contribution in [0.3, 0.4) is 0 Å². The van der Waals surface area contributed by atoms with Gasteiger partial charge in [-0.1, -0.05) is 0 Å². The summed E-state index contributed by atoms with van der Waals surface area (Å²) in [4.78, 5) is 14.4. The second-order valence-corrected chi connectivity index (χ2v) is 5.45. The predicted octanol–water partition coefficient (Wildman–Crippen LogP) is 1.65. The molecule has 3 rings (SSSR count). The molecule has 1 aromatic rings. The molecule has 18 heavy (non-hydrogen) atoms. The second-order valence-electron chi connectivity index (χ2n) is 5.45. The van der Waals surface area contributed by atoms with Crippen LogP contribution in [0.4, 0.5) is 0 Å². The first-order valence-corrected chi connectivity index (χ1v) is 6.92. The molecule has 2 aliphatic rings. The molecule has 4 nitrogen and oxygen atoms in total. The summed E-state index contributed by atoms with van der Waals surface area (Å²) in [6.07, 6.45) is 6.83. The number of amides is 1. The van der Waals surface area contributed by atoms with E-state index in [1.807, 2.05) is 24.1 Å². The highest BCUT2D eigenvalue weighted by Crippen LogP contribution is 2.33. The molecule has 1 amide bonds. The molecule has 1 N–H and O–H groups in total. The summed E-state index contributed by atoms with van der Waals surface area (Å²) >= 11 is 0. The lowest BCUT2D eigenvalue weighted by atomic mass is 9.93. The Hall–Kier alpha value is -1.29. The van der Waals surface area contributed by atoms with Gasteiger partial charge in [0.1, 0.15) is 5.69 Å². The van der Waals surface area contributed by atoms with E-state index >= 15 is 0 Å². The smallest absolute Gasteiger partial charge is 0.270 e. The Morgan fingerprint density at radius 3 is 2.89 bits per heavy atom. The van der Waals surface area contributed by atoms with Crippen LogP contribution in [0.1, 0.15) is 42.2 Å². The number of hydrogen-bond acceptors (Lipinski definition) is 2. The van der Waals surface area contributed by atoms with E-state index < -0.39 is 0 Å². The Labute approximate surface area is 108 Å². The number of nitrogens with one attached hydrogen (secondary N) is 1. The van der Waals surface area contributed by atoms with Crippen LogP contribution in [0.15, 0.2) is 18.3 Å². The fraction of sp³-hybridized carbons (Fsp3) is 0.643. The summed E-state index contributed by atoms with van der Waals surface area (Å²) in [5, 5.41) is 3.31. The lowest BCUT2D eigenvalue weighted by Gasteiger charge is -2.31. The lowest BCUT2D eigenvalue weighted by Crippen LogP contribution is -2.39. The number of carbonyl (C=O) groups is 1. The molecular formula is C14H21N3O. The van der Waals surface area contributed by atoms with E-state index in [1.165, 1.54) is 19.3 Å². The van der Waals surface area contributed by atoms with E-state index in [0.29, 0.717) is 12.1 Å². The minimum Gasteiger partial charge on any atom is -0.340 e. The zero-order valence-electron chi connectivity index (χ0n) is 10.9. The van der Waals surface area contributed by atoms with E-state index in [4.69, 9.17) is 0 Å². The summed E-state index contributed by atoms with van der Waals surface area (Å²) in [6.45, 7) is 1.94. The van der Waals surface area contributed by atoms with E-state index in [-0.39, 0.29) is 5.91 Å². The fourth-order valence-electron chi connectivity index (χ4n) is 2.87. The Morgan fingerprint density at radius 2 is 2.28 bits per heavy atom. The zero-order valence-corrected chi connectivity index (χ0v) is 10.9. The van der Waals surface area contributed by atoms with Gasteiger partial charge in [0.25, 0.3) is 5.91 Å². The van der Waals surface area contributed by atoms with Crippen LogP contribution in [0.5, 0.6) is 0 Å². The van der Waals surface area contributed by atoms with Gasteiger partial charge in [0.2, 0.25) is 0 Å². The highest BCUT2D eigenvalue weighted by Gasteiger charge is 2.28. The van der Waals surface area contributed by atoms with Gasteiger partial charge in [0.05, 0.1) is 0 Å². The third kappa shape index (κ3) is 1.94. The molecule has 1 aliphatic carbocycles. The molecule has 1 aromatic heterocycles. The van der Waals surface area contributed by atoms with E-state index in [0.717, 1.165) is 25.2 Å². The van der Waals surface area contributed by atoms with E-state index in [1.54, 1.807) is 0 Å². The molecule has 4 heteroatoms. The van der Waals surface area contributed by atoms with Crippen LogP contribution in [-0.2, 0) is 0 Å². The average molecular weight is 247 g/mol. The quantitative estimate of drug-likeness (QED) is 0.882. The van der Waals surface area contributed by atoms with Crippen molar-refractivity contribution < 1.29 is 4.79 Å². The zero-order chi connectivity index (χ0) is 12.5. The number of rotatable bonds is 3. The molecule has 0 spiro atoms. The van der Waals surface area contributed by atoms with Crippen molar-refractivity contribution in [1.29, 1.82) is 0 Å². The van der Waals surface area contributed by atoms with Crippen molar-refractivity contribution in [2.75, 3.05) is 20.1 Å². The fourth-order valence-corrected chi connectivity index (χ4v) is 2.87. The number of nitrogens with zero attached hydrogens (tertiary/aromatic N) is 2. The molecule has 2 heterocycles. The van der Waals surface area contributed by atoms with Gasteiger partial charge >= 0.3 is 0 Å². The van der Waals surface area contributed by atoms with Crippen LogP contribution < -0.4 is 5.32 Å². The van der Waals surface area contributed by atoms with Gasteiger partial charge in [0, 0.05) is 31.9 Å². The van der Waals surface area contributed by atoms with Crippen LogP contribution in [0.25, 0.3) is 0 Å². The molecule has 1 aliphatic heterocycles. The largest absolute Gasteiger partial charge is 0.340 e. The van der Waals surface area contributed by atoms with Crippen molar-refractivity contribution in [3.8, 4) is 0 Å². The number of aromatic nitrogens is 1. The predicted molar refractivity (Wildman–Crippen MR) is 70.7 cm³/mol. The molecule has 98 valence electrons. The van der Waals surface area contributed by atoms with Gasteiger partial charge in [-0.15, -0.1) is 0 Å². The lowest BCUT2D eigenvalue weighted by molar-refractivity contribution is 0.0727. The first kappa shape index (κ1) is 11.8. The van der Waals surface area contributed by atoms with Gasteiger partial charge in [-0.25, -0.2) is 0 Å². The monoisotopic (exact) mass is 247 g/mol. The van der Waals surface area contributed by atoms with Gasteiger partial charge in [0.15, 0.2) is 0 Å². The molecule has 0 bridgehead atoms.